The lowest BCUT2D eigenvalue weighted by Crippen LogP contribution is -2.18. The van der Waals surface area contributed by atoms with Crippen molar-refractivity contribution in [3.05, 3.63) is 23.8 Å². The molecule has 1 N–H and O–H groups in total. The molecule has 2 rings (SSSR count). The van der Waals surface area contributed by atoms with E-state index in [0.717, 1.165) is 17.7 Å². The molecular weight excluding hydrogens is 190 g/mol. The third-order valence-electron chi connectivity index (χ3n) is 2.30. The molecule has 1 aliphatic heterocycles. The molecule has 0 saturated heterocycles. The van der Waals surface area contributed by atoms with Gasteiger partial charge in [-0.2, -0.15) is 0 Å². The van der Waals surface area contributed by atoms with Crippen LogP contribution in [0, 0.1) is 12.3 Å². The molecular formula is C12H11NO2. The molecule has 0 fully saturated rings. The van der Waals surface area contributed by atoms with Crippen LogP contribution < -0.4 is 10.1 Å². The number of carbonyl (C=O) groups is 1. The van der Waals surface area contributed by atoms with E-state index in [4.69, 9.17) is 11.2 Å². The van der Waals surface area contributed by atoms with Crippen LogP contribution in [0.3, 0.4) is 0 Å². The first-order chi connectivity index (χ1) is 7.29. The van der Waals surface area contributed by atoms with Crippen LogP contribution in [0.15, 0.2) is 18.2 Å². The summed E-state index contributed by atoms with van der Waals surface area (Å²) >= 11 is 0. The average Bonchev–Trinajstić information content (AvgIpc) is 2.25. The predicted molar refractivity (Wildman–Crippen MR) is 57.7 cm³/mol. The lowest BCUT2D eigenvalue weighted by atomic mass is 10.0. The number of hydrogen-bond acceptors (Lipinski definition) is 2. The van der Waals surface area contributed by atoms with E-state index in [1.54, 1.807) is 0 Å². The molecule has 1 heterocycles. The Bertz CT molecular complexity index is 432. The first-order valence-corrected chi connectivity index (χ1v) is 4.78. The molecule has 0 aromatic heterocycles. The smallest absolute Gasteiger partial charge is 0.224 e. The van der Waals surface area contributed by atoms with E-state index in [-0.39, 0.29) is 12.5 Å². The SMILES string of the molecule is C#CCOc1ccc2c(c1)NC(=O)CC2. The molecule has 0 atom stereocenters. The second-order valence-corrected chi connectivity index (χ2v) is 3.36. The van der Waals surface area contributed by atoms with Crippen molar-refractivity contribution >= 4 is 11.6 Å². The number of carbonyl (C=O) groups excluding carboxylic acids is 1. The van der Waals surface area contributed by atoms with Crippen molar-refractivity contribution in [2.24, 2.45) is 0 Å². The first kappa shape index (κ1) is 9.60. The highest BCUT2D eigenvalue weighted by Crippen LogP contribution is 2.26. The number of aryl methyl sites for hydroxylation is 1. The predicted octanol–water partition coefficient (Wildman–Crippen LogP) is 1.58. The second-order valence-electron chi connectivity index (χ2n) is 3.36. The molecule has 0 saturated carbocycles. The molecule has 1 aliphatic rings. The minimum absolute atomic E-state index is 0.0524. The first-order valence-electron chi connectivity index (χ1n) is 4.78. The van der Waals surface area contributed by atoms with Crippen molar-refractivity contribution in [3.63, 3.8) is 0 Å². The number of benzene rings is 1. The summed E-state index contributed by atoms with van der Waals surface area (Å²) in [7, 11) is 0. The topological polar surface area (TPSA) is 38.3 Å². The Morgan fingerprint density at radius 1 is 1.47 bits per heavy atom. The summed E-state index contributed by atoms with van der Waals surface area (Å²) in [5.41, 5.74) is 1.98. The molecule has 1 amide bonds. The number of amides is 1. The van der Waals surface area contributed by atoms with Gasteiger partial charge in [-0.3, -0.25) is 4.79 Å². The van der Waals surface area contributed by atoms with Gasteiger partial charge in [0, 0.05) is 18.2 Å². The molecule has 0 spiro atoms. The molecule has 15 heavy (non-hydrogen) atoms. The van der Waals surface area contributed by atoms with Crippen LogP contribution in [0.25, 0.3) is 0 Å². The van der Waals surface area contributed by atoms with Crippen molar-refractivity contribution < 1.29 is 9.53 Å². The van der Waals surface area contributed by atoms with E-state index in [1.165, 1.54) is 0 Å². The number of anilines is 1. The van der Waals surface area contributed by atoms with Gasteiger partial charge in [0.2, 0.25) is 5.91 Å². The Morgan fingerprint density at radius 3 is 3.13 bits per heavy atom. The summed E-state index contributed by atoms with van der Waals surface area (Å²) in [5.74, 6) is 3.14. The maximum atomic E-state index is 11.2. The summed E-state index contributed by atoms with van der Waals surface area (Å²) in [4.78, 5) is 11.2. The number of fused-ring (bicyclic) bond motifs is 1. The van der Waals surface area contributed by atoms with E-state index >= 15 is 0 Å². The zero-order valence-electron chi connectivity index (χ0n) is 8.25. The van der Waals surface area contributed by atoms with Crippen molar-refractivity contribution in [3.8, 4) is 18.1 Å². The third kappa shape index (κ3) is 2.10. The Labute approximate surface area is 88.4 Å². The van der Waals surface area contributed by atoms with Crippen molar-refractivity contribution in [2.75, 3.05) is 11.9 Å². The van der Waals surface area contributed by atoms with Gasteiger partial charge >= 0.3 is 0 Å². The molecule has 0 bridgehead atoms. The minimum Gasteiger partial charge on any atom is -0.481 e. The van der Waals surface area contributed by atoms with Crippen LogP contribution in [0.5, 0.6) is 5.75 Å². The summed E-state index contributed by atoms with van der Waals surface area (Å²) in [6, 6.07) is 5.64. The van der Waals surface area contributed by atoms with Crippen LogP contribution in [0.1, 0.15) is 12.0 Å². The largest absolute Gasteiger partial charge is 0.481 e. The highest BCUT2D eigenvalue weighted by molar-refractivity contribution is 5.94. The van der Waals surface area contributed by atoms with Crippen LogP contribution in [-0.4, -0.2) is 12.5 Å². The Hall–Kier alpha value is -1.95. The second kappa shape index (κ2) is 4.05. The fraction of sp³-hybridized carbons (Fsp3) is 0.250. The molecule has 1 aromatic rings. The van der Waals surface area contributed by atoms with Gasteiger partial charge in [-0.05, 0) is 18.1 Å². The van der Waals surface area contributed by atoms with Gasteiger partial charge in [-0.15, -0.1) is 6.42 Å². The Balaban J connectivity index is 2.21. The van der Waals surface area contributed by atoms with Gasteiger partial charge in [0.25, 0.3) is 0 Å². The monoisotopic (exact) mass is 201 g/mol. The number of hydrogen-bond donors (Lipinski definition) is 1. The van der Waals surface area contributed by atoms with E-state index in [1.807, 2.05) is 18.2 Å². The Kier molecular flexibility index (Phi) is 2.59. The molecule has 3 heteroatoms. The third-order valence-corrected chi connectivity index (χ3v) is 2.30. The lowest BCUT2D eigenvalue weighted by molar-refractivity contribution is -0.116. The zero-order chi connectivity index (χ0) is 10.7. The van der Waals surface area contributed by atoms with Gasteiger partial charge in [-0.25, -0.2) is 0 Å². The highest BCUT2D eigenvalue weighted by Gasteiger charge is 2.14. The zero-order valence-corrected chi connectivity index (χ0v) is 8.25. The van der Waals surface area contributed by atoms with Crippen LogP contribution in [0.2, 0.25) is 0 Å². The van der Waals surface area contributed by atoms with Crippen LogP contribution in [-0.2, 0) is 11.2 Å². The van der Waals surface area contributed by atoms with Gasteiger partial charge in [0.15, 0.2) is 0 Å². The van der Waals surface area contributed by atoms with Gasteiger partial charge < -0.3 is 10.1 Å². The number of terminal acetylenes is 1. The van der Waals surface area contributed by atoms with Gasteiger partial charge in [0.1, 0.15) is 12.4 Å². The van der Waals surface area contributed by atoms with E-state index in [2.05, 4.69) is 11.2 Å². The van der Waals surface area contributed by atoms with E-state index < -0.39 is 0 Å². The van der Waals surface area contributed by atoms with E-state index in [0.29, 0.717) is 12.2 Å². The summed E-state index contributed by atoms with van der Waals surface area (Å²) < 4.78 is 5.27. The highest BCUT2D eigenvalue weighted by atomic mass is 16.5. The number of ether oxygens (including phenoxy) is 1. The molecule has 0 radical (unpaired) electrons. The minimum atomic E-state index is 0.0524. The summed E-state index contributed by atoms with van der Waals surface area (Å²) in [6.07, 6.45) is 6.43. The summed E-state index contributed by atoms with van der Waals surface area (Å²) in [5, 5.41) is 2.81. The van der Waals surface area contributed by atoms with Crippen molar-refractivity contribution in [1.82, 2.24) is 0 Å². The number of nitrogens with one attached hydrogen (secondary N) is 1. The fourth-order valence-corrected chi connectivity index (χ4v) is 1.57. The van der Waals surface area contributed by atoms with Gasteiger partial charge in [0.05, 0.1) is 0 Å². The van der Waals surface area contributed by atoms with Crippen LogP contribution >= 0.6 is 0 Å². The normalized spacial score (nSPS) is 13.7. The number of rotatable bonds is 2. The average molecular weight is 201 g/mol. The summed E-state index contributed by atoms with van der Waals surface area (Å²) in [6.45, 7) is 0.243. The quantitative estimate of drug-likeness (QED) is 0.738. The lowest BCUT2D eigenvalue weighted by Gasteiger charge is -2.17. The molecule has 0 aliphatic carbocycles. The van der Waals surface area contributed by atoms with Crippen LogP contribution in [0.4, 0.5) is 5.69 Å². The molecule has 0 unspecified atom stereocenters. The maximum Gasteiger partial charge on any atom is 0.224 e. The molecule has 1 aromatic carbocycles. The Morgan fingerprint density at radius 2 is 2.33 bits per heavy atom. The van der Waals surface area contributed by atoms with Gasteiger partial charge in [-0.1, -0.05) is 12.0 Å². The molecule has 3 nitrogen and oxygen atoms in total. The maximum absolute atomic E-state index is 11.2. The standard InChI is InChI=1S/C12H11NO2/c1-2-7-15-10-5-3-9-4-6-12(14)13-11(9)8-10/h1,3,5,8H,4,6-7H2,(H,13,14). The van der Waals surface area contributed by atoms with Crippen molar-refractivity contribution in [2.45, 2.75) is 12.8 Å². The fourth-order valence-electron chi connectivity index (χ4n) is 1.57. The molecule has 76 valence electrons. The van der Waals surface area contributed by atoms with E-state index in [9.17, 15) is 4.79 Å². The van der Waals surface area contributed by atoms with Crippen molar-refractivity contribution in [1.29, 1.82) is 0 Å².